The Morgan fingerprint density at radius 1 is 1.12 bits per heavy atom. The molecule has 0 aliphatic carbocycles. The summed E-state index contributed by atoms with van der Waals surface area (Å²) in [6.07, 6.45) is 2.80. The first-order valence-electron chi connectivity index (χ1n) is 9.93. The van der Waals surface area contributed by atoms with Crippen LogP contribution in [-0.2, 0) is 0 Å². The molecule has 1 saturated heterocycles. The monoisotopic (exact) mass is 573 g/mol. The van der Waals surface area contributed by atoms with Crippen LogP contribution in [0.1, 0.15) is 53.8 Å². The summed E-state index contributed by atoms with van der Waals surface area (Å²) >= 11 is 6.31. The van der Waals surface area contributed by atoms with Crippen LogP contribution in [0.3, 0.4) is 0 Å². The van der Waals surface area contributed by atoms with Gasteiger partial charge in [0.15, 0.2) is 0 Å². The van der Waals surface area contributed by atoms with Gasteiger partial charge < -0.3 is 21.5 Å². The molecule has 1 atom stereocenters. The van der Waals surface area contributed by atoms with Crippen molar-refractivity contribution in [2.45, 2.75) is 38.6 Å². The summed E-state index contributed by atoms with van der Waals surface area (Å²) < 4.78 is 13.7. The molecule has 2 amide bonds. The number of carbonyl (C=O) groups excluding carboxylic acids is 2. The van der Waals surface area contributed by atoms with Gasteiger partial charge in [0, 0.05) is 18.7 Å². The third-order valence-corrected chi connectivity index (χ3v) is 6.06. The molecule has 1 fully saturated rings. The van der Waals surface area contributed by atoms with Crippen molar-refractivity contribution in [2.75, 3.05) is 18.1 Å². The van der Waals surface area contributed by atoms with E-state index in [0.29, 0.717) is 26.5 Å². The van der Waals surface area contributed by atoms with Crippen LogP contribution in [0.25, 0.3) is 0 Å². The Labute approximate surface area is 202 Å². The third kappa shape index (κ3) is 6.69. The fourth-order valence-corrected chi connectivity index (χ4v) is 4.34. The smallest absolute Gasteiger partial charge is 0.253 e. The van der Waals surface area contributed by atoms with Gasteiger partial charge in [0.25, 0.3) is 11.8 Å². The second-order valence-electron chi connectivity index (χ2n) is 8.07. The van der Waals surface area contributed by atoms with E-state index in [4.69, 9.17) is 16.6 Å². The summed E-state index contributed by atoms with van der Waals surface area (Å²) in [5.41, 5.74) is 10.5. The number of aliphatic hydroxyl groups is 1. The van der Waals surface area contributed by atoms with Crippen molar-refractivity contribution in [3.8, 4) is 0 Å². The summed E-state index contributed by atoms with van der Waals surface area (Å²) in [7, 11) is 0. The van der Waals surface area contributed by atoms with Crippen molar-refractivity contribution in [3.63, 3.8) is 0 Å². The number of nitrogens with two attached hydrogens (primary N) is 2. The number of hydrogen-bond acceptors (Lipinski definition) is 6. The fourth-order valence-electron chi connectivity index (χ4n) is 3.75. The van der Waals surface area contributed by atoms with Crippen molar-refractivity contribution < 1.29 is 19.1 Å². The SMILES string of the molecule is CC1(C)C[C@H](CCCO)CN1c1nc(Br)ccc1C(N)=O.NC(=O)c1ccc(Br)nc1F. The van der Waals surface area contributed by atoms with Gasteiger partial charge in [0.1, 0.15) is 15.0 Å². The first-order valence-corrected chi connectivity index (χ1v) is 11.5. The molecule has 0 spiro atoms. The zero-order valence-corrected chi connectivity index (χ0v) is 21.0. The summed E-state index contributed by atoms with van der Waals surface area (Å²) in [5.74, 6) is -0.990. The maximum atomic E-state index is 12.7. The second-order valence-corrected chi connectivity index (χ2v) is 9.69. The third-order valence-electron chi connectivity index (χ3n) is 5.17. The summed E-state index contributed by atoms with van der Waals surface area (Å²) in [6.45, 7) is 5.36. The number of anilines is 1. The Morgan fingerprint density at radius 3 is 2.22 bits per heavy atom. The van der Waals surface area contributed by atoms with E-state index >= 15 is 0 Å². The summed E-state index contributed by atoms with van der Waals surface area (Å²) in [6, 6.07) is 6.17. The summed E-state index contributed by atoms with van der Waals surface area (Å²) in [4.78, 5) is 32.1. The highest BCUT2D eigenvalue weighted by molar-refractivity contribution is 9.10. The predicted octanol–water partition coefficient (Wildman–Crippen LogP) is 3.40. The molecule has 2 aromatic heterocycles. The minimum Gasteiger partial charge on any atom is -0.396 e. The van der Waals surface area contributed by atoms with Crippen molar-refractivity contribution in [1.29, 1.82) is 0 Å². The molecule has 0 unspecified atom stereocenters. The Bertz CT molecular complexity index is 990. The molecule has 8 nitrogen and oxygen atoms in total. The molecule has 3 rings (SSSR count). The van der Waals surface area contributed by atoms with Gasteiger partial charge >= 0.3 is 0 Å². The van der Waals surface area contributed by atoms with E-state index in [-0.39, 0.29) is 17.7 Å². The molecule has 0 radical (unpaired) electrons. The van der Waals surface area contributed by atoms with Crippen molar-refractivity contribution in [1.82, 2.24) is 9.97 Å². The molecule has 0 aromatic carbocycles. The lowest BCUT2D eigenvalue weighted by Crippen LogP contribution is -2.40. The van der Waals surface area contributed by atoms with E-state index in [1.54, 1.807) is 12.1 Å². The maximum Gasteiger partial charge on any atom is 0.253 e. The van der Waals surface area contributed by atoms with Gasteiger partial charge in [-0.2, -0.15) is 4.39 Å². The minimum atomic E-state index is -0.855. The van der Waals surface area contributed by atoms with Crippen LogP contribution in [0.15, 0.2) is 33.5 Å². The first kappa shape index (κ1) is 26.1. The molecule has 2 aromatic rings. The average molecular weight is 575 g/mol. The van der Waals surface area contributed by atoms with Gasteiger partial charge in [0.2, 0.25) is 5.95 Å². The first-order chi connectivity index (χ1) is 15.0. The van der Waals surface area contributed by atoms with Crippen LogP contribution in [-0.4, -0.2) is 45.6 Å². The van der Waals surface area contributed by atoms with E-state index in [0.717, 1.165) is 25.8 Å². The number of pyridine rings is 2. The highest BCUT2D eigenvalue weighted by atomic mass is 79.9. The largest absolute Gasteiger partial charge is 0.396 e. The summed E-state index contributed by atoms with van der Waals surface area (Å²) in [5, 5.41) is 9.00. The molecule has 1 aliphatic rings. The normalized spacial score (nSPS) is 16.9. The molecule has 5 N–H and O–H groups in total. The topological polar surface area (TPSA) is 135 Å². The van der Waals surface area contributed by atoms with E-state index < -0.39 is 17.8 Å². The lowest BCUT2D eigenvalue weighted by atomic mass is 9.93. The number of carbonyl (C=O) groups is 2. The number of rotatable bonds is 6. The zero-order chi connectivity index (χ0) is 24.1. The number of aromatic nitrogens is 2. The van der Waals surface area contributed by atoms with Gasteiger partial charge in [-0.3, -0.25) is 9.59 Å². The van der Waals surface area contributed by atoms with E-state index in [1.165, 1.54) is 12.1 Å². The molecule has 3 heterocycles. The number of aliphatic hydroxyl groups excluding tert-OH is 1. The van der Waals surface area contributed by atoms with E-state index in [9.17, 15) is 14.0 Å². The molecule has 0 saturated carbocycles. The number of halogens is 3. The van der Waals surface area contributed by atoms with Gasteiger partial charge in [-0.1, -0.05) is 0 Å². The highest BCUT2D eigenvalue weighted by Crippen LogP contribution is 2.39. The van der Waals surface area contributed by atoms with Gasteiger partial charge in [-0.25, -0.2) is 9.97 Å². The number of nitrogens with zero attached hydrogens (tertiary/aromatic N) is 3. The molecular weight excluding hydrogens is 549 g/mol. The molecule has 1 aliphatic heterocycles. The standard InChI is InChI=1S/C15H22BrN3O2.C6H4BrFN2O/c1-15(2)8-10(4-3-7-20)9-19(15)14-11(13(17)21)5-6-12(16)18-14;7-4-2-1-3(6(9)11)5(8)10-4/h5-6,10,20H,3-4,7-9H2,1-2H3,(H2,17,21);1-2H,(H2,9,11)/t10-;/m0./s1. The van der Waals surface area contributed by atoms with Gasteiger partial charge in [-0.05, 0) is 95.2 Å². The Balaban J connectivity index is 0.000000278. The van der Waals surface area contributed by atoms with Crippen LogP contribution in [0, 0.1) is 11.9 Å². The zero-order valence-electron chi connectivity index (χ0n) is 17.8. The van der Waals surface area contributed by atoms with E-state index in [1.807, 2.05) is 0 Å². The van der Waals surface area contributed by atoms with Crippen molar-refractivity contribution >= 4 is 49.5 Å². The molecule has 0 bridgehead atoms. The van der Waals surface area contributed by atoms with E-state index in [2.05, 4.69) is 60.6 Å². The Morgan fingerprint density at radius 2 is 1.69 bits per heavy atom. The molecule has 174 valence electrons. The number of primary amides is 2. The molecule has 11 heteroatoms. The maximum absolute atomic E-state index is 12.7. The lowest BCUT2D eigenvalue weighted by Gasteiger charge is -2.33. The Kier molecular flexibility index (Phi) is 9.11. The average Bonchev–Trinajstić information content (AvgIpc) is 3.00. The molecule has 32 heavy (non-hydrogen) atoms. The fraction of sp³-hybridized carbons (Fsp3) is 0.429. The van der Waals surface area contributed by atoms with Crippen molar-refractivity contribution in [3.05, 3.63) is 50.5 Å². The predicted molar refractivity (Wildman–Crippen MR) is 127 cm³/mol. The number of hydrogen-bond donors (Lipinski definition) is 3. The second kappa shape index (κ2) is 11.2. The number of amides is 2. The van der Waals surface area contributed by atoms with Crippen LogP contribution < -0.4 is 16.4 Å². The van der Waals surface area contributed by atoms with Crippen LogP contribution in [0.5, 0.6) is 0 Å². The lowest BCUT2D eigenvalue weighted by molar-refractivity contribution is 0.0989. The van der Waals surface area contributed by atoms with Gasteiger partial charge in [0.05, 0.1) is 11.1 Å². The quantitative estimate of drug-likeness (QED) is 0.452. The minimum absolute atomic E-state index is 0.0852. The van der Waals surface area contributed by atoms with Crippen LogP contribution >= 0.6 is 31.9 Å². The Hall–Kier alpha value is -2.11. The van der Waals surface area contributed by atoms with Crippen molar-refractivity contribution in [2.24, 2.45) is 17.4 Å². The van der Waals surface area contributed by atoms with Crippen LogP contribution in [0.2, 0.25) is 0 Å². The van der Waals surface area contributed by atoms with Gasteiger partial charge in [-0.15, -0.1) is 0 Å². The highest BCUT2D eigenvalue weighted by Gasteiger charge is 2.40. The molecular formula is C21H26Br2FN5O3. The van der Waals surface area contributed by atoms with Crippen LogP contribution in [0.4, 0.5) is 10.2 Å².